The normalized spacial score (nSPS) is 13.9. The van der Waals surface area contributed by atoms with Crippen LogP contribution in [0.2, 0.25) is 0 Å². The third-order valence-electron chi connectivity index (χ3n) is 3.40. The molecule has 0 heterocycles. The van der Waals surface area contributed by atoms with Gasteiger partial charge in [0.2, 0.25) is 0 Å². The Balaban J connectivity index is 2.08. The first kappa shape index (κ1) is 17.3. The second kappa shape index (κ2) is 6.23. The molecule has 23 heavy (non-hydrogen) atoms. The van der Waals surface area contributed by atoms with Crippen molar-refractivity contribution in [1.29, 1.82) is 0 Å². The van der Waals surface area contributed by atoms with Crippen LogP contribution in [0.5, 0.6) is 0 Å². The Morgan fingerprint density at radius 3 is 1.48 bits per heavy atom. The number of halogens is 6. The summed E-state index contributed by atoms with van der Waals surface area (Å²) < 4.78 is 74.8. The van der Waals surface area contributed by atoms with Gasteiger partial charge in [0, 0.05) is 6.04 Å². The van der Waals surface area contributed by atoms with Crippen LogP contribution < -0.4 is 5.73 Å². The van der Waals surface area contributed by atoms with Gasteiger partial charge in [-0.3, -0.25) is 0 Å². The maximum Gasteiger partial charge on any atom is 0.416 e. The van der Waals surface area contributed by atoms with Crippen LogP contribution in [-0.2, 0) is 18.8 Å². The average molecular weight is 333 g/mol. The fourth-order valence-electron chi connectivity index (χ4n) is 2.12. The molecule has 2 aromatic carbocycles. The van der Waals surface area contributed by atoms with E-state index in [4.69, 9.17) is 5.73 Å². The molecule has 0 spiro atoms. The Bertz CT molecular complexity index is 640. The summed E-state index contributed by atoms with van der Waals surface area (Å²) in [6, 6.07) is 8.34. The van der Waals surface area contributed by atoms with Gasteiger partial charge in [-0.2, -0.15) is 26.3 Å². The molecule has 0 saturated heterocycles. The second-order valence-electron chi connectivity index (χ2n) is 5.13. The summed E-state index contributed by atoms with van der Waals surface area (Å²) >= 11 is 0. The highest BCUT2D eigenvalue weighted by molar-refractivity contribution is 5.30. The predicted molar refractivity (Wildman–Crippen MR) is 73.5 cm³/mol. The summed E-state index contributed by atoms with van der Waals surface area (Å²) in [5.74, 6) is 0. The molecule has 1 unspecified atom stereocenters. The van der Waals surface area contributed by atoms with Crippen molar-refractivity contribution in [3.05, 3.63) is 70.8 Å². The lowest BCUT2D eigenvalue weighted by Crippen LogP contribution is -2.14. The first-order chi connectivity index (χ1) is 10.6. The summed E-state index contributed by atoms with van der Waals surface area (Å²) in [6.07, 6.45) is -8.60. The van der Waals surface area contributed by atoms with E-state index in [1.165, 1.54) is 24.3 Å². The molecule has 2 rings (SSSR count). The SMILES string of the molecule is NC(Cc1ccc(C(F)(F)F)cc1)c1ccc(C(F)(F)F)cc1. The molecular weight excluding hydrogens is 320 g/mol. The molecule has 0 saturated carbocycles. The van der Waals surface area contributed by atoms with E-state index >= 15 is 0 Å². The Morgan fingerprint density at radius 1 is 0.696 bits per heavy atom. The molecule has 0 bridgehead atoms. The largest absolute Gasteiger partial charge is 0.416 e. The lowest BCUT2D eigenvalue weighted by molar-refractivity contribution is -0.138. The van der Waals surface area contributed by atoms with E-state index in [0.717, 1.165) is 24.3 Å². The zero-order valence-electron chi connectivity index (χ0n) is 11.7. The summed E-state index contributed by atoms with van der Waals surface area (Å²) in [5.41, 5.74) is 5.43. The van der Waals surface area contributed by atoms with Gasteiger partial charge < -0.3 is 5.73 Å². The number of alkyl halides is 6. The van der Waals surface area contributed by atoms with Crippen molar-refractivity contribution < 1.29 is 26.3 Å². The molecule has 0 aliphatic carbocycles. The lowest BCUT2D eigenvalue weighted by Gasteiger charge is -2.14. The third-order valence-corrected chi connectivity index (χ3v) is 3.40. The maximum atomic E-state index is 12.5. The molecule has 0 aliphatic rings. The molecule has 0 aliphatic heterocycles. The molecule has 2 aromatic rings. The zero-order valence-corrected chi connectivity index (χ0v) is 11.7. The van der Waals surface area contributed by atoms with Crippen LogP contribution in [0.15, 0.2) is 48.5 Å². The first-order valence-corrected chi connectivity index (χ1v) is 6.66. The van der Waals surface area contributed by atoms with E-state index in [1.807, 2.05) is 0 Å². The Hall–Kier alpha value is -2.02. The van der Waals surface area contributed by atoms with Gasteiger partial charge in [0.05, 0.1) is 11.1 Å². The molecule has 0 fully saturated rings. The zero-order chi connectivity index (χ0) is 17.3. The molecule has 1 atom stereocenters. The highest BCUT2D eigenvalue weighted by Gasteiger charge is 2.31. The molecule has 2 N–H and O–H groups in total. The number of hydrogen-bond acceptors (Lipinski definition) is 1. The Morgan fingerprint density at radius 2 is 1.09 bits per heavy atom. The first-order valence-electron chi connectivity index (χ1n) is 6.66. The van der Waals surface area contributed by atoms with Crippen LogP contribution in [-0.4, -0.2) is 0 Å². The summed E-state index contributed by atoms with van der Waals surface area (Å²) in [5, 5.41) is 0. The van der Waals surface area contributed by atoms with Crippen LogP contribution in [0.4, 0.5) is 26.3 Å². The van der Waals surface area contributed by atoms with Gasteiger partial charge in [-0.15, -0.1) is 0 Å². The lowest BCUT2D eigenvalue weighted by atomic mass is 9.98. The maximum absolute atomic E-state index is 12.5. The number of benzene rings is 2. The number of rotatable bonds is 3. The fourth-order valence-corrected chi connectivity index (χ4v) is 2.12. The smallest absolute Gasteiger partial charge is 0.324 e. The molecule has 124 valence electrons. The van der Waals surface area contributed by atoms with E-state index < -0.39 is 29.5 Å². The van der Waals surface area contributed by atoms with Gasteiger partial charge in [-0.05, 0) is 41.8 Å². The van der Waals surface area contributed by atoms with Crippen molar-refractivity contribution in [2.24, 2.45) is 5.73 Å². The third kappa shape index (κ3) is 4.48. The summed E-state index contributed by atoms with van der Waals surface area (Å²) in [4.78, 5) is 0. The van der Waals surface area contributed by atoms with Crippen molar-refractivity contribution in [2.75, 3.05) is 0 Å². The van der Waals surface area contributed by atoms with Gasteiger partial charge in [0.25, 0.3) is 0 Å². The highest BCUT2D eigenvalue weighted by atomic mass is 19.4. The van der Waals surface area contributed by atoms with Gasteiger partial charge >= 0.3 is 12.4 Å². The standard InChI is InChI=1S/C16H13F6N/c17-15(18,19)12-5-1-10(2-6-12)9-14(23)11-3-7-13(8-4-11)16(20,21)22/h1-8,14H,9,23H2. The Kier molecular flexibility index (Phi) is 4.70. The topological polar surface area (TPSA) is 26.0 Å². The van der Waals surface area contributed by atoms with Crippen molar-refractivity contribution in [2.45, 2.75) is 24.8 Å². The van der Waals surface area contributed by atoms with Crippen LogP contribution in [0.25, 0.3) is 0 Å². The average Bonchev–Trinajstić information content (AvgIpc) is 2.46. The molecule has 0 radical (unpaired) electrons. The minimum atomic E-state index is -4.42. The van der Waals surface area contributed by atoms with Crippen molar-refractivity contribution in [3.63, 3.8) is 0 Å². The molecule has 7 heteroatoms. The van der Waals surface area contributed by atoms with Gasteiger partial charge in [-0.25, -0.2) is 0 Å². The number of nitrogens with two attached hydrogens (primary N) is 1. The predicted octanol–water partition coefficient (Wildman–Crippen LogP) is 4.97. The minimum absolute atomic E-state index is 0.226. The summed E-state index contributed by atoms with van der Waals surface area (Å²) in [6.45, 7) is 0. The quantitative estimate of drug-likeness (QED) is 0.789. The second-order valence-corrected chi connectivity index (χ2v) is 5.13. The molecule has 0 amide bonds. The van der Waals surface area contributed by atoms with E-state index in [-0.39, 0.29) is 6.42 Å². The van der Waals surface area contributed by atoms with Crippen LogP contribution in [0.1, 0.15) is 28.3 Å². The van der Waals surface area contributed by atoms with Gasteiger partial charge in [-0.1, -0.05) is 24.3 Å². The van der Waals surface area contributed by atoms with Crippen LogP contribution in [0, 0.1) is 0 Å². The highest BCUT2D eigenvalue weighted by Crippen LogP contribution is 2.31. The van der Waals surface area contributed by atoms with Crippen molar-refractivity contribution >= 4 is 0 Å². The Labute approximate surface area is 128 Å². The molecular formula is C16H13F6N. The van der Waals surface area contributed by atoms with Gasteiger partial charge in [0.15, 0.2) is 0 Å². The molecule has 1 nitrogen and oxygen atoms in total. The van der Waals surface area contributed by atoms with E-state index in [9.17, 15) is 26.3 Å². The van der Waals surface area contributed by atoms with Gasteiger partial charge in [0.1, 0.15) is 0 Å². The fraction of sp³-hybridized carbons (Fsp3) is 0.250. The molecule has 0 aromatic heterocycles. The monoisotopic (exact) mass is 333 g/mol. The minimum Gasteiger partial charge on any atom is -0.324 e. The summed E-state index contributed by atoms with van der Waals surface area (Å²) in [7, 11) is 0. The van der Waals surface area contributed by atoms with Crippen LogP contribution >= 0.6 is 0 Å². The van der Waals surface area contributed by atoms with E-state index in [1.54, 1.807) is 0 Å². The number of hydrogen-bond donors (Lipinski definition) is 1. The van der Waals surface area contributed by atoms with Crippen molar-refractivity contribution in [1.82, 2.24) is 0 Å². The van der Waals surface area contributed by atoms with Crippen molar-refractivity contribution in [3.8, 4) is 0 Å². The van der Waals surface area contributed by atoms with Crippen LogP contribution in [0.3, 0.4) is 0 Å². The van der Waals surface area contributed by atoms with E-state index in [2.05, 4.69) is 0 Å². The van der Waals surface area contributed by atoms with E-state index in [0.29, 0.717) is 11.1 Å².